The number of nitrogens with zero attached hydrogens (tertiary/aromatic N) is 1. The van der Waals surface area contributed by atoms with Crippen molar-refractivity contribution in [2.75, 3.05) is 33.4 Å². The maximum atomic E-state index is 6.55. The molecule has 3 atom stereocenters. The average Bonchev–Trinajstić information content (AvgIpc) is 2.87. The van der Waals surface area contributed by atoms with Crippen molar-refractivity contribution in [2.24, 2.45) is 11.3 Å². The van der Waals surface area contributed by atoms with Gasteiger partial charge in [-0.15, -0.1) is 0 Å². The summed E-state index contributed by atoms with van der Waals surface area (Å²) < 4.78 is 18.1. The molecule has 1 spiro atoms. The number of hydrogen-bond donors (Lipinski definition) is 0. The van der Waals surface area contributed by atoms with Crippen LogP contribution in [0, 0.1) is 11.3 Å². The fourth-order valence-electron chi connectivity index (χ4n) is 5.08. The van der Waals surface area contributed by atoms with Crippen LogP contribution in [0.5, 0.6) is 0 Å². The van der Waals surface area contributed by atoms with Gasteiger partial charge in [0, 0.05) is 39.1 Å². The number of rotatable bonds is 10. The van der Waals surface area contributed by atoms with E-state index in [9.17, 15) is 0 Å². The lowest BCUT2D eigenvalue weighted by molar-refractivity contribution is -0.177. The second-order valence-electron chi connectivity index (χ2n) is 9.74. The summed E-state index contributed by atoms with van der Waals surface area (Å²) in [4.78, 5) is 2.48. The highest BCUT2D eigenvalue weighted by Gasteiger charge is 2.44. The van der Waals surface area contributed by atoms with Crippen molar-refractivity contribution in [3.63, 3.8) is 0 Å². The fourth-order valence-corrected chi connectivity index (χ4v) is 5.08. The average molecular weight is 384 g/mol. The van der Waals surface area contributed by atoms with E-state index < -0.39 is 0 Å². The SMILES string of the molecule is CCCC(C)(C)C1CCCC2(CC1)OCC(CCN(CCOC)C(C)C)O2. The summed E-state index contributed by atoms with van der Waals surface area (Å²) in [5.41, 5.74) is 0.442. The third kappa shape index (κ3) is 6.69. The Balaban J connectivity index is 1.83. The Morgan fingerprint density at radius 2 is 1.96 bits per heavy atom. The molecular weight excluding hydrogens is 338 g/mol. The molecule has 0 amide bonds. The second-order valence-corrected chi connectivity index (χ2v) is 9.74. The van der Waals surface area contributed by atoms with Gasteiger partial charge in [-0.05, 0) is 57.3 Å². The first kappa shape index (κ1) is 23.1. The van der Waals surface area contributed by atoms with Crippen molar-refractivity contribution in [3.8, 4) is 0 Å². The van der Waals surface area contributed by atoms with Crippen LogP contribution in [0.4, 0.5) is 0 Å². The molecule has 1 saturated heterocycles. The van der Waals surface area contributed by atoms with Crippen molar-refractivity contribution in [1.82, 2.24) is 4.90 Å². The minimum absolute atomic E-state index is 0.244. The molecule has 0 radical (unpaired) electrons. The van der Waals surface area contributed by atoms with Crippen molar-refractivity contribution >= 4 is 0 Å². The Kier molecular flexibility index (Phi) is 9.05. The summed E-state index contributed by atoms with van der Waals surface area (Å²) in [6.07, 6.45) is 9.83. The van der Waals surface area contributed by atoms with Gasteiger partial charge in [0.15, 0.2) is 5.79 Å². The van der Waals surface area contributed by atoms with Crippen LogP contribution in [-0.4, -0.2) is 56.2 Å². The van der Waals surface area contributed by atoms with E-state index in [1.54, 1.807) is 7.11 Å². The summed E-state index contributed by atoms with van der Waals surface area (Å²) >= 11 is 0. The van der Waals surface area contributed by atoms with Crippen LogP contribution in [0.1, 0.15) is 86.0 Å². The highest BCUT2D eigenvalue weighted by molar-refractivity contribution is 4.88. The molecule has 1 saturated carbocycles. The summed E-state index contributed by atoms with van der Waals surface area (Å²) in [6.45, 7) is 15.3. The van der Waals surface area contributed by atoms with Crippen LogP contribution >= 0.6 is 0 Å². The Morgan fingerprint density at radius 3 is 2.63 bits per heavy atom. The molecule has 0 aromatic carbocycles. The molecule has 1 aliphatic heterocycles. The minimum Gasteiger partial charge on any atom is -0.383 e. The molecule has 0 N–H and O–H groups in total. The van der Waals surface area contributed by atoms with Gasteiger partial charge in [-0.2, -0.15) is 0 Å². The third-order valence-corrected chi connectivity index (χ3v) is 6.95. The van der Waals surface area contributed by atoms with Crippen molar-refractivity contribution in [2.45, 2.75) is 104 Å². The van der Waals surface area contributed by atoms with Gasteiger partial charge in [0.05, 0.1) is 19.3 Å². The zero-order chi connectivity index (χ0) is 19.9. The van der Waals surface area contributed by atoms with E-state index >= 15 is 0 Å². The molecule has 2 rings (SSSR count). The maximum absolute atomic E-state index is 6.55. The third-order valence-electron chi connectivity index (χ3n) is 6.95. The van der Waals surface area contributed by atoms with E-state index in [1.807, 2.05) is 0 Å². The highest BCUT2D eigenvalue weighted by Crippen LogP contribution is 2.45. The highest BCUT2D eigenvalue weighted by atomic mass is 16.7. The quantitative estimate of drug-likeness (QED) is 0.515. The zero-order valence-electron chi connectivity index (χ0n) is 18.9. The summed E-state index contributed by atoms with van der Waals surface area (Å²) in [5, 5.41) is 0. The van der Waals surface area contributed by atoms with Crippen LogP contribution < -0.4 is 0 Å². The van der Waals surface area contributed by atoms with E-state index in [4.69, 9.17) is 14.2 Å². The minimum atomic E-state index is -0.295. The van der Waals surface area contributed by atoms with E-state index in [2.05, 4.69) is 39.5 Å². The molecule has 27 heavy (non-hydrogen) atoms. The Bertz CT molecular complexity index is 426. The van der Waals surface area contributed by atoms with Crippen LogP contribution in [-0.2, 0) is 14.2 Å². The number of methoxy groups -OCH3 is 1. The topological polar surface area (TPSA) is 30.9 Å². The molecule has 0 aromatic rings. The Morgan fingerprint density at radius 1 is 1.19 bits per heavy atom. The summed E-state index contributed by atoms with van der Waals surface area (Å²) in [7, 11) is 1.78. The first-order valence-corrected chi connectivity index (χ1v) is 11.4. The largest absolute Gasteiger partial charge is 0.383 e. The van der Waals surface area contributed by atoms with Crippen molar-refractivity contribution in [1.29, 1.82) is 0 Å². The van der Waals surface area contributed by atoms with Crippen LogP contribution in [0.25, 0.3) is 0 Å². The molecule has 3 unspecified atom stereocenters. The Labute approximate surface area is 168 Å². The van der Waals surface area contributed by atoms with Gasteiger partial charge in [-0.25, -0.2) is 0 Å². The van der Waals surface area contributed by atoms with E-state index in [-0.39, 0.29) is 11.9 Å². The number of ether oxygens (including phenoxy) is 3. The van der Waals surface area contributed by atoms with Gasteiger partial charge in [0.1, 0.15) is 0 Å². The molecule has 160 valence electrons. The van der Waals surface area contributed by atoms with E-state index in [0.717, 1.165) is 51.5 Å². The van der Waals surface area contributed by atoms with Gasteiger partial charge < -0.3 is 14.2 Å². The Hall–Kier alpha value is -0.160. The molecule has 4 nitrogen and oxygen atoms in total. The van der Waals surface area contributed by atoms with Crippen LogP contribution in [0.3, 0.4) is 0 Å². The molecule has 2 fully saturated rings. The molecule has 0 bridgehead atoms. The summed E-state index contributed by atoms with van der Waals surface area (Å²) in [5.74, 6) is 0.505. The standard InChI is InChI=1S/C23H45NO3/c1-7-12-22(4,5)20-9-8-13-23(14-10-20)26-18-21(27-23)11-15-24(19(2)3)16-17-25-6/h19-21H,7-18H2,1-6H3. The fraction of sp³-hybridized carbons (Fsp3) is 1.00. The van der Waals surface area contributed by atoms with Gasteiger partial charge in [-0.1, -0.05) is 27.2 Å². The molecule has 1 aliphatic carbocycles. The molecule has 4 heteroatoms. The number of hydrogen-bond acceptors (Lipinski definition) is 4. The molecule has 0 aromatic heterocycles. The van der Waals surface area contributed by atoms with E-state index in [0.29, 0.717) is 11.5 Å². The predicted octanol–water partition coefficient (Wildman–Crippen LogP) is 5.25. The van der Waals surface area contributed by atoms with Gasteiger partial charge in [0.25, 0.3) is 0 Å². The molecule has 1 heterocycles. The lowest BCUT2D eigenvalue weighted by Gasteiger charge is -2.34. The lowest BCUT2D eigenvalue weighted by atomic mass is 9.72. The maximum Gasteiger partial charge on any atom is 0.168 e. The van der Waals surface area contributed by atoms with Gasteiger partial charge >= 0.3 is 0 Å². The first-order chi connectivity index (χ1) is 12.8. The predicted molar refractivity (Wildman–Crippen MR) is 112 cm³/mol. The van der Waals surface area contributed by atoms with Crippen molar-refractivity contribution in [3.05, 3.63) is 0 Å². The van der Waals surface area contributed by atoms with Crippen LogP contribution in [0.15, 0.2) is 0 Å². The molecular formula is C23H45NO3. The van der Waals surface area contributed by atoms with Gasteiger partial charge in [0.2, 0.25) is 0 Å². The van der Waals surface area contributed by atoms with E-state index in [1.165, 1.54) is 32.1 Å². The zero-order valence-corrected chi connectivity index (χ0v) is 18.9. The summed E-state index contributed by atoms with van der Waals surface area (Å²) in [6, 6.07) is 0.538. The monoisotopic (exact) mass is 383 g/mol. The van der Waals surface area contributed by atoms with Crippen molar-refractivity contribution < 1.29 is 14.2 Å². The molecule has 2 aliphatic rings. The second kappa shape index (κ2) is 10.6. The van der Waals surface area contributed by atoms with Crippen LogP contribution in [0.2, 0.25) is 0 Å². The first-order valence-electron chi connectivity index (χ1n) is 11.4. The van der Waals surface area contributed by atoms with Gasteiger partial charge in [-0.3, -0.25) is 4.90 Å². The normalized spacial score (nSPS) is 29.8. The lowest BCUT2D eigenvalue weighted by Crippen LogP contribution is -2.37. The smallest absolute Gasteiger partial charge is 0.168 e.